The molecule has 0 saturated carbocycles. The predicted octanol–water partition coefficient (Wildman–Crippen LogP) is 0.251. The highest BCUT2D eigenvalue weighted by Crippen LogP contribution is 2.12. The lowest BCUT2D eigenvalue weighted by molar-refractivity contribution is -0.0403. The number of hydrogen-bond donors (Lipinski definition) is 1. The van der Waals surface area contributed by atoms with Gasteiger partial charge in [-0.1, -0.05) is 0 Å². The smallest absolute Gasteiger partial charge is 0.209 e. The van der Waals surface area contributed by atoms with Gasteiger partial charge in [0.2, 0.25) is 10.0 Å². The summed E-state index contributed by atoms with van der Waals surface area (Å²) in [6, 6.07) is 0. The van der Waals surface area contributed by atoms with Crippen LogP contribution in [0.2, 0.25) is 0 Å². The number of sulfonamides is 1. The largest absolute Gasteiger partial charge is 0.379 e. The molecule has 1 atom stereocenters. The Bertz CT molecular complexity index is 259. The van der Waals surface area contributed by atoms with E-state index in [1.165, 1.54) is 6.42 Å². The molecule has 0 aromatic rings. The van der Waals surface area contributed by atoms with Gasteiger partial charge in [0, 0.05) is 13.2 Å². The first kappa shape index (κ1) is 12.9. The van der Waals surface area contributed by atoms with Crippen molar-refractivity contribution in [1.29, 1.82) is 0 Å². The van der Waals surface area contributed by atoms with Crippen LogP contribution >= 0.6 is 0 Å². The van der Waals surface area contributed by atoms with E-state index in [0.29, 0.717) is 19.6 Å². The van der Waals surface area contributed by atoms with E-state index < -0.39 is 10.0 Å². The summed E-state index contributed by atoms with van der Waals surface area (Å²) in [6.45, 7) is 1.80. The molecule has 0 aromatic heterocycles. The Balaban J connectivity index is 1.96. The highest BCUT2D eigenvalue weighted by molar-refractivity contribution is 7.89. The zero-order chi connectivity index (χ0) is 11.1. The van der Waals surface area contributed by atoms with Crippen molar-refractivity contribution in [3.63, 3.8) is 0 Å². The van der Waals surface area contributed by atoms with E-state index in [1.807, 2.05) is 0 Å². The molecule has 1 aliphatic heterocycles. The molecule has 5 nitrogen and oxygen atoms in total. The van der Waals surface area contributed by atoms with E-state index in [4.69, 9.17) is 14.6 Å². The second kappa shape index (κ2) is 6.42. The Morgan fingerprint density at radius 1 is 1.40 bits per heavy atom. The molecular formula is C9H19NO4S. The number of nitrogens with two attached hydrogens (primary N) is 1. The normalized spacial score (nSPS) is 22.9. The summed E-state index contributed by atoms with van der Waals surface area (Å²) in [5.74, 6) is -0.0154. The van der Waals surface area contributed by atoms with Crippen LogP contribution in [0.15, 0.2) is 0 Å². The molecule has 6 heteroatoms. The van der Waals surface area contributed by atoms with Crippen LogP contribution in [0.5, 0.6) is 0 Å². The SMILES string of the molecule is NS(=O)(=O)CCCOCC1CCCCO1. The average Bonchev–Trinajstić information content (AvgIpc) is 2.17. The molecule has 15 heavy (non-hydrogen) atoms. The number of ether oxygens (including phenoxy) is 2. The summed E-state index contributed by atoms with van der Waals surface area (Å²) in [5, 5.41) is 4.85. The Hall–Kier alpha value is -0.170. The Morgan fingerprint density at radius 2 is 2.20 bits per heavy atom. The first-order valence-corrected chi connectivity index (χ1v) is 6.99. The van der Waals surface area contributed by atoms with Crippen LogP contribution in [0.4, 0.5) is 0 Å². The fourth-order valence-corrected chi connectivity index (χ4v) is 2.04. The zero-order valence-corrected chi connectivity index (χ0v) is 9.67. The van der Waals surface area contributed by atoms with E-state index in [-0.39, 0.29) is 11.9 Å². The second-order valence-electron chi connectivity index (χ2n) is 3.78. The Kier molecular flexibility index (Phi) is 5.52. The highest BCUT2D eigenvalue weighted by Gasteiger charge is 2.13. The van der Waals surface area contributed by atoms with Crippen molar-refractivity contribution in [3.05, 3.63) is 0 Å². The number of rotatable bonds is 6. The molecule has 1 fully saturated rings. The minimum absolute atomic E-state index is 0.0154. The van der Waals surface area contributed by atoms with E-state index in [1.54, 1.807) is 0 Å². The van der Waals surface area contributed by atoms with Gasteiger partial charge in [0.15, 0.2) is 0 Å². The van der Waals surface area contributed by atoms with Gasteiger partial charge >= 0.3 is 0 Å². The molecule has 0 amide bonds. The van der Waals surface area contributed by atoms with Crippen molar-refractivity contribution in [2.75, 3.05) is 25.6 Å². The predicted molar refractivity (Wildman–Crippen MR) is 57.0 cm³/mol. The van der Waals surface area contributed by atoms with Crippen LogP contribution < -0.4 is 5.14 Å². The van der Waals surface area contributed by atoms with Gasteiger partial charge in [-0.05, 0) is 25.7 Å². The van der Waals surface area contributed by atoms with Crippen molar-refractivity contribution in [2.45, 2.75) is 31.8 Å². The monoisotopic (exact) mass is 237 g/mol. The van der Waals surface area contributed by atoms with Gasteiger partial charge in [-0.2, -0.15) is 0 Å². The summed E-state index contributed by atoms with van der Waals surface area (Å²) in [4.78, 5) is 0. The lowest BCUT2D eigenvalue weighted by Gasteiger charge is -2.22. The van der Waals surface area contributed by atoms with Crippen molar-refractivity contribution in [2.24, 2.45) is 5.14 Å². The molecule has 1 heterocycles. The molecule has 1 unspecified atom stereocenters. The quantitative estimate of drug-likeness (QED) is 0.672. The van der Waals surface area contributed by atoms with Gasteiger partial charge < -0.3 is 9.47 Å². The van der Waals surface area contributed by atoms with Crippen molar-refractivity contribution >= 4 is 10.0 Å². The molecule has 2 N–H and O–H groups in total. The first-order chi connectivity index (χ1) is 7.08. The second-order valence-corrected chi connectivity index (χ2v) is 5.52. The van der Waals surface area contributed by atoms with E-state index in [0.717, 1.165) is 19.4 Å². The van der Waals surface area contributed by atoms with Crippen molar-refractivity contribution in [1.82, 2.24) is 0 Å². The molecule has 1 rings (SSSR count). The number of primary sulfonamides is 1. The topological polar surface area (TPSA) is 78.6 Å². The summed E-state index contributed by atoms with van der Waals surface area (Å²) >= 11 is 0. The Morgan fingerprint density at radius 3 is 2.80 bits per heavy atom. The molecule has 0 spiro atoms. The summed E-state index contributed by atoms with van der Waals surface area (Å²) in [6.07, 6.45) is 3.99. The third kappa shape index (κ3) is 6.83. The van der Waals surface area contributed by atoms with Gasteiger partial charge in [-0.3, -0.25) is 0 Å². The molecule has 90 valence electrons. The third-order valence-corrected chi connectivity index (χ3v) is 3.15. The molecule has 1 aliphatic rings. The van der Waals surface area contributed by atoms with Crippen LogP contribution in [0.25, 0.3) is 0 Å². The molecule has 0 aromatic carbocycles. The van der Waals surface area contributed by atoms with Crippen LogP contribution in [-0.4, -0.2) is 40.1 Å². The van der Waals surface area contributed by atoms with E-state index >= 15 is 0 Å². The lowest BCUT2D eigenvalue weighted by atomic mass is 10.1. The van der Waals surface area contributed by atoms with Gasteiger partial charge in [0.05, 0.1) is 18.5 Å². The average molecular weight is 237 g/mol. The van der Waals surface area contributed by atoms with E-state index in [9.17, 15) is 8.42 Å². The van der Waals surface area contributed by atoms with Crippen LogP contribution in [-0.2, 0) is 19.5 Å². The lowest BCUT2D eigenvalue weighted by Crippen LogP contribution is -2.25. The number of hydrogen-bond acceptors (Lipinski definition) is 4. The standard InChI is InChI=1S/C9H19NO4S/c10-15(11,12)7-3-5-13-8-9-4-1-2-6-14-9/h9H,1-8H2,(H2,10,11,12). The molecule has 0 aliphatic carbocycles. The van der Waals surface area contributed by atoms with Crippen molar-refractivity contribution < 1.29 is 17.9 Å². The van der Waals surface area contributed by atoms with Crippen LogP contribution in [0.1, 0.15) is 25.7 Å². The molecule has 0 radical (unpaired) electrons. The fourth-order valence-electron chi connectivity index (χ4n) is 1.52. The van der Waals surface area contributed by atoms with E-state index in [2.05, 4.69) is 0 Å². The highest BCUT2D eigenvalue weighted by atomic mass is 32.2. The van der Waals surface area contributed by atoms with Gasteiger partial charge in [0.25, 0.3) is 0 Å². The van der Waals surface area contributed by atoms with Crippen LogP contribution in [0.3, 0.4) is 0 Å². The third-order valence-electron chi connectivity index (χ3n) is 2.30. The minimum atomic E-state index is -3.34. The molecule has 0 bridgehead atoms. The maximum Gasteiger partial charge on any atom is 0.209 e. The van der Waals surface area contributed by atoms with Crippen LogP contribution in [0, 0.1) is 0 Å². The minimum Gasteiger partial charge on any atom is -0.379 e. The maximum absolute atomic E-state index is 10.6. The molecular weight excluding hydrogens is 218 g/mol. The van der Waals surface area contributed by atoms with Gasteiger partial charge in [0.1, 0.15) is 0 Å². The molecule has 1 saturated heterocycles. The Labute approximate surface area is 91.0 Å². The van der Waals surface area contributed by atoms with Gasteiger partial charge in [-0.15, -0.1) is 0 Å². The zero-order valence-electron chi connectivity index (χ0n) is 8.85. The first-order valence-electron chi connectivity index (χ1n) is 5.28. The fraction of sp³-hybridized carbons (Fsp3) is 1.00. The maximum atomic E-state index is 10.6. The summed E-state index contributed by atoms with van der Waals surface area (Å²) in [7, 11) is -3.34. The summed E-state index contributed by atoms with van der Waals surface area (Å²) in [5.41, 5.74) is 0. The summed E-state index contributed by atoms with van der Waals surface area (Å²) < 4.78 is 32.0. The van der Waals surface area contributed by atoms with Gasteiger partial charge in [-0.25, -0.2) is 13.6 Å². The van der Waals surface area contributed by atoms with Crippen molar-refractivity contribution in [3.8, 4) is 0 Å².